The van der Waals surface area contributed by atoms with Crippen LogP contribution in [0.3, 0.4) is 0 Å². The van der Waals surface area contributed by atoms with E-state index in [1.165, 1.54) is 0 Å². The number of rotatable bonds is 4. The maximum absolute atomic E-state index is 12.6. The molecular weight excluding hydrogens is 290 g/mol. The Kier molecular flexibility index (Phi) is 4.51. The lowest BCUT2D eigenvalue weighted by atomic mass is 10.1. The largest absolute Gasteiger partial charge is 0.493 e. The highest BCUT2D eigenvalue weighted by Crippen LogP contribution is 2.33. The molecule has 3 N–H and O–H groups in total. The Morgan fingerprint density at radius 2 is 1.75 bits per heavy atom. The molecular formula is C11H10F6N2O. The van der Waals surface area contributed by atoms with E-state index in [0.717, 1.165) is 12.1 Å². The molecule has 9 heteroatoms. The summed E-state index contributed by atoms with van der Waals surface area (Å²) in [6.45, 7) is -0.730. The van der Waals surface area contributed by atoms with Crippen molar-refractivity contribution in [2.75, 3.05) is 6.61 Å². The van der Waals surface area contributed by atoms with Gasteiger partial charge in [-0.05, 0) is 18.2 Å². The maximum Gasteiger partial charge on any atom is 0.417 e. The fraction of sp³-hybridized carbons (Fsp3) is 0.364. The molecule has 0 unspecified atom stereocenters. The Labute approximate surface area is 109 Å². The predicted molar refractivity (Wildman–Crippen MR) is 58.6 cm³/mol. The van der Waals surface area contributed by atoms with Gasteiger partial charge in [-0.15, -0.1) is 0 Å². The fourth-order valence-corrected chi connectivity index (χ4v) is 1.37. The topological polar surface area (TPSA) is 59.1 Å². The number of hydrogen-bond acceptors (Lipinski definition) is 2. The molecule has 0 aliphatic carbocycles. The van der Waals surface area contributed by atoms with Gasteiger partial charge in [-0.2, -0.15) is 26.3 Å². The molecule has 20 heavy (non-hydrogen) atoms. The minimum absolute atomic E-state index is 0.215. The fourth-order valence-electron chi connectivity index (χ4n) is 1.37. The first kappa shape index (κ1) is 16.1. The third-order valence-electron chi connectivity index (χ3n) is 2.24. The highest BCUT2D eigenvalue weighted by Gasteiger charge is 2.34. The average molecular weight is 300 g/mol. The van der Waals surface area contributed by atoms with Crippen LogP contribution in [0.4, 0.5) is 26.3 Å². The zero-order chi connectivity index (χ0) is 15.6. The van der Waals surface area contributed by atoms with Gasteiger partial charge in [-0.25, -0.2) is 0 Å². The van der Waals surface area contributed by atoms with Gasteiger partial charge in [0.2, 0.25) is 0 Å². The van der Waals surface area contributed by atoms with Crippen LogP contribution in [-0.4, -0.2) is 18.6 Å². The van der Waals surface area contributed by atoms with E-state index in [9.17, 15) is 26.3 Å². The van der Waals surface area contributed by atoms with Crippen molar-refractivity contribution in [1.29, 1.82) is 5.41 Å². The number of nitrogen functional groups attached to an aromatic ring is 1. The van der Waals surface area contributed by atoms with Crippen LogP contribution < -0.4 is 10.5 Å². The van der Waals surface area contributed by atoms with E-state index >= 15 is 0 Å². The normalized spacial score (nSPS) is 12.3. The van der Waals surface area contributed by atoms with Gasteiger partial charge in [0, 0.05) is 5.56 Å². The number of alkyl halides is 6. The van der Waals surface area contributed by atoms with Crippen LogP contribution in [0.2, 0.25) is 0 Å². The molecule has 0 radical (unpaired) electrons. The van der Waals surface area contributed by atoms with E-state index in [1.807, 2.05) is 0 Å². The van der Waals surface area contributed by atoms with Crippen molar-refractivity contribution in [3.05, 3.63) is 29.3 Å². The van der Waals surface area contributed by atoms with E-state index in [2.05, 4.69) is 0 Å². The number of hydrogen-bond donors (Lipinski definition) is 2. The Bertz CT molecular complexity index is 495. The van der Waals surface area contributed by atoms with Crippen molar-refractivity contribution < 1.29 is 31.1 Å². The lowest BCUT2D eigenvalue weighted by Gasteiger charge is -2.14. The molecule has 0 amide bonds. The lowest BCUT2D eigenvalue weighted by molar-refractivity contribution is -0.139. The number of amidine groups is 1. The summed E-state index contributed by atoms with van der Waals surface area (Å²) in [5.41, 5.74) is 3.24. The van der Waals surface area contributed by atoms with Gasteiger partial charge in [0.25, 0.3) is 0 Å². The third kappa shape index (κ3) is 4.63. The second kappa shape index (κ2) is 5.59. The highest BCUT2D eigenvalue weighted by atomic mass is 19.4. The van der Waals surface area contributed by atoms with Crippen LogP contribution in [0.1, 0.15) is 17.5 Å². The van der Waals surface area contributed by atoms with Crippen molar-refractivity contribution in [2.45, 2.75) is 18.8 Å². The third-order valence-corrected chi connectivity index (χ3v) is 2.24. The molecule has 0 aromatic heterocycles. The SMILES string of the molecule is N=C(N)c1cc(OCCC(F)(F)F)ccc1C(F)(F)F. The van der Waals surface area contributed by atoms with Crippen LogP contribution in [-0.2, 0) is 6.18 Å². The smallest absolute Gasteiger partial charge is 0.417 e. The average Bonchev–Trinajstić information content (AvgIpc) is 2.25. The van der Waals surface area contributed by atoms with Crippen LogP contribution in [0.25, 0.3) is 0 Å². The van der Waals surface area contributed by atoms with Crippen LogP contribution in [0.5, 0.6) is 5.75 Å². The molecule has 0 aliphatic heterocycles. The first-order valence-corrected chi connectivity index (χ1v) is 5.26. The summed E-state index contributed by atoms with van der Waals surface area (Å²) in [7, 11) is 0. The van der Waals surface area contributed by atoms with Gasteiger partial charge in [0.15, 0.2) is 0 Å². The Balaban J connectivity index is 2.92. The van der Waals surface area contributed by atoms with Crippen molar-refractivity contribution >= 4 is 5.84 Å². The van der Waals surface area contributed by atoms with E-state index in [0.29, 0.717) is 6.07 Å². The van der Waals surface area contributed by atoms with Gasteiger partial charge >= 0.3 is 12.4 Å². The second-order valence-electron chi connectivity index (χ2n) is 3.83. The molecule has 1 aromatic rings. The molecule has 1 rings (SSSR count). The van der Waals surface area contributed by atoms with Gasteiger partial charge in [-0.1, -0.05) is 0 Å². The molecule has 0 spiro atoms. The molecule has 3 nitrogen and oxygen atoms in total. The van der Waals surface area contributed by atoms with E-state index in [1.54, 1.807) is 0 Å². The predicted octanol–water partition coefficient (Wildman–Crippen LogP) is 3.32. The number of benzene rings is 1. The molecule has 0 heterocycles. The van der Waals surface area contributed by atoms with Gasteiger partial charge in [0.1, 0.15) is 11.6 Å². The number of ether oxygens (including phenoxy) is 1. The monoisotopic (exact) mass is 300 g/mol. The maximum atomic E-state index is 12.6. The minimum atomic E-state index is -4.72. The molecule has 0 saturated heterocycles. The Morgan fingerprint density at radius 1 is 1.15 bits per heavy atom. The second-order valence-corrected chi connectivity index (χ2v) is 3.83. The summed E-state index contributed by atoms with van der Waals surface area (Å²) < 4.78 is 78.2. The summed E-state index contributed by atoms with van der Waals surface area (Å²) in [6, 6.07) is 2.28. The van der Waals surface area contributed by atoms with E-state index in [-0.39, 0.29) is 5.75 Å². The quantitative estimate of drug-likeness (QED) is 0.509. The first-order chi connectivity index (χ1) is 9.00. The lowest BCUT2D eigenvalue weighted by Crippen LogP contribution is -2.19. The van der Waals surface area contributed by atoms with Crippen LogP contribution in [0, 0.1) is 5.41 Å². The van der Waals surface area contributed by atoms with Crippen molar-refractivity contribution in [1.82, 2.24) is 0 Å². The zero-order valence-corrected chi connectivity index (χ0v) is 9.90. The Morgan fingerprint density at radius 3 is 2.20 bits per heavy atom. The number of halogens is 6. The first-order valence-electron chi connectivity index (χ1n) is 5.26. The molecule has 112 valence electrons. The summed E-state index contributed by atoms with van der Waals surface area (Å²) in [5.74, 6) is -1.06. The standard InChI is InChI=1S/C11H10F6N2O/c12-10(13,14)3-4-20-6-1-2-8(11(15,16)17)7(5-6)9(18)19/h1-2,5H,3-4H2,(H3,18,19). The molecule has 0 fully saturated rings. The summed E-state index contributed by atoms with van der Waals surface area (Å²) in [5, 5.41) is 7.07. The highest BCUT2D eigenvalue weighted by molar-refractivity contribution is 5.97. The van der Waals surface area contributed by atoms with Gasteiger partial charge in [-0.3, -0.25) is 5.41 Å². The van der Waals surface area contributed by atoms with Crippen LogP contribution in [0.15, 0.2) is 18.2 Å². The summed E-state index contributed by atoms with van der Waals surface area (Å²) >= 11 is 0. The summed E-state index contributed by atoms with van der Waals surface area (Å²) in [4.78, 5) is 0. The van der Waals surface area contributed by atoms with Crippen molar-refractivity contribution in [2.24, 2.45) is 5.73 Å². The molecule has 0 aliphatic rings. The molecule has 0 atom stereocenters. The van der Waals surface area contributed by atoms with Gasteiger partial charge < -0.3 is 10.5 Å². The van der Waals surface area contributed by atoms with Crippen molar-refractivity contribution in [3.63, 3.8) is 0 Å². The molecule has 0 saturated carbocycles. The van der Waals surface area contributed by atoms with Gasteiger partial charge in [0.05, 0.1) is 18.6 Å². The van der Waals surface area contributed by atoms with Crippen LogP contribution >= 0.6 is 0 Å². The molecule has 0 bridgehead atoms. The summed E-state index contributed by atoms with van der Waals surface area (Å²) in [6.07, 6.45) is -10.4. The van der Waals surface area contributed by atoms with Crippen molar-refractivity contribution in [3.8, 4) is 5.75 Å². The zero-order valence-electron chi connectivity index (χ0n) is 9.90. The minimum Gasteiger partial charge on any atom is -0.493 e. The van der Waals surface area contributed by atoms with E-state index < -0.39 is 42.3 Å². The number of nitrogens with one attached hydrogen (secondary N) is 1. The molecule has 1 aromatic carbocycles. The number of nitrogens with two attached hydrogens (primary N) is 1. The van der Waals surface area contributed by atoms with E-state index in [4.69, 9.17) is 15.9 Å². The Hall–Kier alpha value is -1.93.